The van der Waals surface area contributed by atoms with Gasteiger partial charge in [0.25, 0.3) is 0 Å². The second-order valence-corrected chi connectivity index (χ2v) is 6.35. The molecule has 0 radical (unpaired) electrons. The van der Waals surface area contributed by atoms with E-state index in [1.807, 2.05) is 30.3 Å². The highest BCUT2D eigenvalue weighted by Crippen LogP contribution is 2.20. The number of rotatable bonds is 6. The Balaban J connectivity index is 1.45. The van der Waals surface area contributed by atoms with Gasteiger partial charge in [0.05, 0.1) is 0 Å². The Morgan fingerprint density at radius 3 is 2.52 bits per heavy atom. The maximum atomic E-state index is 5.87. The summed E-state index contributed by atoms with van der Waals surface area (Å²) >= 11 is 0. The van der Waals surface area contributed by atoms with Gasteiger partial charge in [-0.25, -0.2) is 0 Å². The lowest BCUT2D eigenvalue weighted by atomic mass is 10.0. The minimum Gasteiger partial charge on any atom is -0.492 e. The molecule has 0 saturated carbocycles. The summed E-state index contributed by atoms with van der Waals surface area (Å²) in [6.07, 6.45) is 6.89. The molecule has 0 bridgehead atoms. The number of ether oxygens (including phenoxy) is 1. The third-order valence-corrected chi connectivity index (χ3v) is 4.81. The van der Waals surface area contributed by atoms with Gasteiger partial charge in [0, 0.05) is 19.1 Å². The van der Waals surface area contributed by atoms with E-state index in [0.717, 1.165) is 24.9 Å². The van der Waals surface area contributed by atoms with E-state index in [9.17, 15) is 0 Å². The molecule has 1 aromatic rings. The van der Waals surface area contributed by atoms with Crippen molar-refractivity contribution >= 4 is 0 Å². The Morgan fingerprint density at radius 1 is 0.952 bits per heavy atom. The van der Waals surface area contributed by atoms with E-state index < -0.39 is 0 Å². The van der Waals surface area contributed by atoms with E-state index in [0.29, 0.717) is 0 Å². The lowest BCUT2D eigenvalue weighted by Gasteiger charge is -2.37. The monoisotopic (exact) mass is 288 g/mol. The normalized spacial score (nSPS) is 24.3. The molecule has 1 atom stereocenters. The van der Waals surface area contributed by atoms with Gasteiger partial charge in [-0.05, 0) is 57.5 Å². The molecule has 2 aliphatic rings. The molecule has 21 heavy (non-hydrogen) atoms. The number of piperidine rings is 1. The van der Waals surface area contributed by atoms with Gasteiger partial charge in [-0.2, -0.15) is 0 Å². The first-order valence-corrected chi connectivity index (χ1v) is 8.56. The van der Waals surface area contributed by atoms with Crippen LogP contribution in [-0.2, 0) is 0 Å². The van der Waals surface area contributed by atoms with Crippen LogP contribution < -0.4 is 4.74 Å². The molecule has 0 N–H and O–H groups in total. The Hall–Kier alpha value is -1.06. The Labute approximate surface area is 128 Å². The first kappa shape index (κ1) is 14.9. The molecule has 0 aliphatic carbocycles. The molecule has 3 nitrogen and oxygen atoms in total. The van der Waals surface area contributed by atoms with E-state index in [2.05, 4.69) is 9.80 Å². The van der Waals surface area contributed by atoms with Gasteiger partial charge in [0.1, 0.15) is 12.4 Å². The van der Waals surface area contributed by atoms with Crippen molar-refractivity contribution in [3.05, 3.63) is 30.3 Å². The van der Waals surface area contributed by atoms with Crippen LogP contribution in [0.25, 0.3) is 0 Å². The van der Waals surface area contributed by atoms with Crippen LogP contribution in [0.3, 0.4) is 0 Å². The summed E-state index contributed by atoms with van der Waals surface area (Å²) in [7, 11) is 0. The molecule has 1 unspecified atom stereocenters. The lowest BCUT2D eigenvalue weighted by molar-refractivity contribution is 0.0965. The third-order valence-electron chi connectivity index (χ3n) is 4.81. The lowest BCUT2D eigenvalue weighted by Crippen LogP contribution is -2.47. The van der Waals surface area contributed by atoms with Gasteiger partial charge < -0.3 is 9.64 Å². The molecule has 3 rings (SSSR count). The second-order valence-electron chi connectivity index (χ2n) is 6.35. The second kappa shape index (κ2) is 7.81. The van der Waals surface area contributed by atoms with Gasteiger partial charge in [-0.3, -0.25) is 4.90 Å². The van der Waals surface area contributed by atoms with Gasteiger partial charge in [0.2, 0.25) is 0 Å². The number of hydrogen-bond donors (Lipinski definition) is 0. The quantitative estimate of drug-likeness (QED) is 0.800. The van der Waals surface area contributed by atoms with Crippen LogP contribution >= 0.6 is 0 Å². The van der Waals surface area contributed by atoms with Crippen LogP contribution in [0.15, 0.2) is 30.3 Å². The molecule has 0 amide bonds. The Bertz CT molecular complexity index is 403. The molecule has 2 aliphatic heterocycles. The molecule has 2 fully saturated rings. The largest absolute Gasteiger partial charge is 0.492 e. The highest BCUT2D eigenvalue weighted by molar-refractivity contribution is 5.20. The zero-order valence-corrected chi connectivity index (χ0v) is 13.0. The standard InChI is InChI=1S/C18H28N2O/c1-2-9-18(10-3-1)21-15-14-20-13-5-4-8-17(20)16-19-11-6-7-12-19/h1-3,9-10,17H,4-8,11-16H2. The fourth-order valence-corrected chi connectivity index (χ4v) is 3.62. The van der Waals surface area contributed by atoms with E-state index in [1.165, 1.54) is 58.3 Å². The summed E-state index contributed by atoms with van der Waals surface area (Å²) in [5.74, 6) is 0.991. The van der Waals surface area contributed by atoms with E-state index in [-0.39, 0.29) is 0 Å². The predicted octanol–water partition coefficient (Wildman–Crippen LogP) is 3.02. The molecule has 0 spiro atoms. The van der Waals surface area contributed by atoms with E-state index in [1.54, 1.807) is 0 Å². The summed E-state index contributed by atoms with van der Waals surface area (Å²) in [6, 6.07) is 10.9. The summed E-state index contributed by atoms with van der Waals surface area (Å²) in [4.78, 5) is 5.31. The Kier molecular flexibility index (Phi) is 5.53. The molecular formula is C18H28N2O. The zero-order valence-electron chi connectivity index (χ0n) is 13.0. The number of benzene rings is 1. The average Bonchev–Trinajstić information content (AvgIpc) is 3.03. The summed E-state index contributed by atoms with van der Waals surface area (Å²) in [5, 5.41) is 0. The van der Waals surface area contributed by atoms with E-state index >= 15 is 0 Å². The van der Waals surface area contributed by atoms with Gasteiger partial charge >= 0.3 is 0 Å². The van der Waals surface area contributed by atoms with Crippen molar-refractivity contribution in [3.63, 3.8) is 0 Å². The summed E-state index contributed by atoms with van der Waals surface area (Å²) < 4.78 is 5.87. The molecule has 2 heterocycles. The molecule has 3 heteroatoms. The van der Waals surface area contributed by atoms with Crippen LogP contribution in [0.2, 0.25) is 0 Å². The highest BCUT2D eigenvalue weighted by atomic mass is 16.5. The van der Waals surface area contributed by atoms with Crippen LogP contribution in [0.5, 0.6) is 5.75 Å². The topological polar surface area (TPSA) is 15.7 Å². The molecule has 1 aromatic carbocycles. The minimum absolute atomic E-state index is 0.747. The summed E-state index contributed by atoms with van der Waals surface area (Å²) in [5.41, 5.74) is 0. The van der Waals surface area contributed by atoms with Crippen LogP contribution in [0.1, 0.15) is 32.1 Å². The van der Waals surface area contributed by atoms with Gasteiger partial charge in [-0.1, -0.05) is 24.6 Å². The summed E-state index contributed by atoms with van der Waals surface area (Å²) in [6.45, 7) is 7.01. The smallest absolute Gasteiger partial charge is 0.119 e. The van der Waals surface area contributed by atoms with Crippen molar-refractivity contribution < 1.29 is 4.74 Å². The van der Waals surface area contributed by atoms with Crippen molar-refractivity contribution in [3.8, 4) is 5.75 Å². The SMILES string of the molecule is c1ccc(OCCN2CCCCC2CN2CCCC2)cc1. The third kappa shape index (κ3) is 4.45. The van der Waals surface area contributed by atoms with Crippen LogP contribution in [0.4, 0.5) is 0 Å². The van der Waals surface area contributed by atoms with Crippen LogP contribution in [-0.4, -0.2) is 55.2 Å². The first-order valence-electron chi connectivity index (χ1n) is 8.56. The number of nitrogens with zero attached hydrogens (tertiary/aromatic N) is 2. The maximum Gasteiger partial charge on any atom is 0.119 e. The minimum atomic E-state index is 0.747. The van der Waals surface area contributed by atoms with Gasteiger partial charge in [-0.15, -0.1) is 0 Å². The van der Waals surface area contributed by atoms with Crippen molar-refractivity contribution in [2.24, 2.45) is 0 Å². The first-order chi connectivity index (χ1) is 10.4. The fraction of sp³-hybridized carbons (Fsp3) is 0.667. The van der Waals surface area contributed by atoms with Crippen molar-refractivity contribution in [1.29, 1.82) is 0 Å². The molecule has 0 aromatic heterocycles. The molecule has 116 valence electrons. The maximum absolute atomic E-state index is 5.87. The zero-order chi connectivity index (χ0) is 14.3. The average molecular weight is 288 g/mol. The van der Waals surface area contributed by atoms with Crippen molar-refractivity contribution in [2.75, 3.05) is 39.3 Å². The number of hydrogen-bond acceptors (Lipinski definition) is 3. The van der Waals surface area contributed by atoms with E-state index in [4.69, 9.17) is 4.74 Å². The Morgan fingerprint density at radius 2 is 1.71 bits per heavy atom. The van der Waals surface area contributed by atoms with Gasteiger partial charge in [0.15, 0.2) is 0 Å². The van der Waals surface area contributed by atoms with Crippen molar-refractivity contribution in [2.45, 2.75) is 38.1 Å². The van der Waals surface area contributed by atoms with Crippen LogP contribution in [0, 0.1) is 0 Å². The number of likely N-dealkylation sites (tertiary alicyclic amines) is 2. The van der Waals surface area contributed by atoms with Crippen molar-refractivity contribution in [1.82, 2.24) is 9.80 Å². The molecular weight excluding hydrogens is 260 g/mol. The highest BCUT2D eigenvalue weighted by Gasteiger charge is 2.25. The molecule has 2 saturated heterocycles. The number of para-hydroxylation sites is 1. The fourth-order valence-electron chi connectivity index (χ4n) is 3.62. The predicted molar refractivity (Wildman–Crippen MR) is 86.8 cm³/mol.